The molecule has 3 N–H and O–H groups in total. The predicted molar refractivity (Wildman–Crippen MR) is 70.3 cm³/mol. The molecule has 0 fully saturated rings. The van der Waals surface area contributed by atoms with E-state index in [-0.39, 0.29) is 21.7 Å². The third-order valence-corrected chi connectivity index (χ3v) is 3.75. The number of aromatic carboxylic acids is 1. The van der Waals surface area contributed by atoms with Crippen LogP contribution in [0.2, 0.25) is 5.15 Å². The van der Waals surface area contributed by atoms with E-state index in [0.717, 1.165) is 12.3 Å². The van der Waals surface area contributed by atoms with Crippen molar-refractivity contribution in [2.24, 2.45) is 0 Å². The third kappa shape index (κ3) is 3.06. The van der Waals surface area contributed by atoms with Crippen LogP contribution in [0.5, 0.6) is 0 Å². The highest BCUT2D eigenvalue weighted by Gasteiger charge is 2.19. The molecule has 0 amide bonds. The zero-order valence-corrected chi connectivity index (χ0v) is 11.7. The standard InChI is InChI=1S/C10H9ClN4O4S/c1-5-2-8(11)14-10(13-5)15-20(18,19)6-3-7(9(16)17)12-4-6/h2-4,12H,1H3,(H,16,17)(H,13,14,15). The molecule has 0 bridgehead atoms. The molecule has 2 aromatic heterocycles. The van der Waals surface area contributed by atoms with E-state index >= 15 is 0 Å². The maximum atomic E-state index is 12.0. The second-order valence-corrected chi connectivity index (χ2v) is 5.89. The fourth-order valence-corrected chi connectivity index (χ4v) is 2.58. The van der Waals surface area contributed by atoms with Crippen molar-refractivity contribution in [3.63, 3.8) is 0 Å². The van der Waals surface area contributed by atoms with Crippen LogP contribution in [0.1, 0.15) is 16.2 Å². The number of nitrogens with zero attached hydrogens (tertiary/aromatic N) is 2. The third-order valence-electron chi connectivity index (χ3n) is 2.25. The van der Waals surface area contributed by atoms with Gasteiger partial charge in [-0.3, -0.25) is 0 Å². The Labute approximate surface area is 118 Å². The number of aromatic nitrogens is 3. The molecule has 8 nitrogen and oxygen atoms in total. The molecule has 0 aliphatic rings. The fourth-order valence-electron chi connectivity index (χ4n) is 1.41. The van der Waals surface area contributed by atoms with E-state index in [0.29, 0.717) is 5.69 Å². The molecule has 0 aliphatic heterocycles. The minimum absolute atomic E-state index is 0.0930. The van der Waals surface area contributed by atoms with Gasteiger partial charge in [0.1, 0.15) is 15.7 Å². The molecule has 2 aromatic rings. The Morgan fingerprint density at radius 3 is 2.65 bits per heavy atom. The van der Waals surface area contributed by atoms with Gasteiger partial charge in [0.15, 0.2) is 0 Å². The molecule has 2 rings (SSSR count). The van der Waals surface area contributed by atoms with E-state index < -0.39 is 16.0 Å². The van der Waals surface area contributed by atoms with Gasteiger partial charge < -0.3 is 10.1 Å². The fraction of sp³-hybridized carbons (Fsp3) is 0.100. The van der Waals surface area contributed by atoms with Crippen molar-refractivity contribution in [1.29, 1.82) is 0 Å². The SMILES string of the molecule is Cc1cc(Cl)nc(NS(=O)(=O)c2c[nH]c(C(=O)O)c2)n1. The van der Waals surface area contributed by atoms with Gasteiger partial charge >= 0.3 is 5.97 Å². The number of carbonyl (C=O) groups is 1. The summed E-state index contributed by atoms with van der Waals surface area (Å²) < 4.78 is 26.1. The maximum absolute atomic E-state index is 12.0. The number of H-pyrrole nitrogens is 1. The summed E-state index contributed by atoms with van der Waals surface area (Å²) in [6.07, 6.45) is 1.06. The van der Waals surface area contributed by atoms with Gasteiger partial charge in [-0.15, -0.1) is 0 Å². The summed E-state index contributed by atoms with van der Waals surface area (Å²) >= 11 is 5.70. The molecular formula is C10H9ClN4O4S. The highest BCUT2D eigenvalue weighted by Crippen LogP contribution is 2.16. The summed E-state index contributed by atoms with van der Waals surface area (Å²) in [5.74, 6) is -1.45. The highest BCUT2D eigenvalue weighted by atomic mass is 35.5. The lowest BCUT2D eigenvalue weighted by atomic mass is 10.4. The Balaban J connectivity index is 2.32. The summed E-state index contributed by atoms with van der Waals surface area (Å²) in [5, 5.41) is 8.83. The summed E-state index contributed by atoms with van der Waals surface area (Å²) in [6, 6.07) is 2.46. The van der Waals surface area contributed by atoms with Gasteiger partial charge in [0.2, 0.25) is 5.95 Å². The van der Waals surface area contributed by atoms with Crippen molar-refractivity contribution in [3.05, 3.63) is 34.9 Å². The molecular weight excluding hydrogens is 308 g/mol. The van der Waals surface area contributed by atoms with E-state index in [1.165, 1.54) is 6.07 Å². The molecule has 0 unspecified atom stereocenters. The Kier molecular flexibility index (Phi) is 3.64. The molecule has 0 aliphatic carbocycles. The summed E-state index contributed by atoms with van der Waals surface area (Å²) in [7, 11) is -3.99. The molecule has 0 saturated heterocycles. The molecule has 2 heterocycles. The maximum Gasteiger partial charge on any atom is 0.352 e. The number of hydrogen-bond donors (Lipinski definition) is 3. The normalized spacial score (nSPS) is 11.3. The number of halogens is 1. The Hall–Kier alpha value is -2.13. The highest BCUT2D eigenvalue weighted by molar-refractivity contribution is 7.92. The Morgan fingerprint density at radius 2 is 2.10 bits per heavy atom. The first kappa shape index (κ1) is 14.3. The van der Waals surface area contributed by atoms with Gasteiger partial charge in [0.25, 0.3) is 10.0 Å². The van der Waals surface area contributed by atoms with E-state index in [1.54, 1.807) is 6.92 Å². The van der Waals surface area contributed by atoms with Crippen molar-refractivity contribution in [3.8, 4) is 0 Å². The van der Waals surface area contributed by atoms with Gasteiger partial charge in [0, 0.05) is 11.9 Å². The second kappa shape index (κ2) is 5.10. The predicted octanol–water partition coefficient (Wildman–Crippen LogP) is 1.27. The van der Waals surface area contributed by atoms with Crippen LogP contribution in [-0.2, 0) is 10.0 Å². The molecule has 10 heteroatoms. The first-order valence-electron chi connectivity index (χ1n) is 5.23. The molecule has 0 radical (unpaired) electrons. The zero-order chi connectivity index (χ0) is 14.9. The van der Waals surface area contributed by atoms with Crippen molar-refractivity contribution in [2.45, 2.75) is 11.8 Å². The van der Waals surface area contributed by atoms with Gasteiger partial charge in [0.05, 0.1) is 0 Å². The Morgan fingerprint density at radius 1 is 1.40 bits per heavy atom. The number of hydrogen-bond acceptors (Lipinski definition) is 5. The zero-order valence-electron chi connectivity index (χ0n) is 10.1. The summed E-state index contributed by atoms with van der Waals surface area (Å²) in [5.41, 5.74) is 0.247. The first-order valence-corrected chi connectivity index (χ1v) is 7.10. The van der Waals surface area contributed by atoms with Gasteiger partial charge in [-0.05, 0) is 19.1 Å². The smallest absolute Gasteiger partial charge is 0.352 e. The van der Waals surface area contributed by atoms with Crippen LogP contribution in [0, 0.1) is 6.92 Å². The quantitative estimate of drug-likeness (QED) is 0.729. The lowest BCUT2D eigenvalue weighted by molar-refractivity contribution is 0.0691. The second-order valence-electron chi connectivity index (χ2n) is 3.82. The lowest BCUT2D eigenvalue weighted by Gasteiger charge is -2.05. The molecule has 0 saturated carbocycles. The number of anilines is 1. The van der Waals surface area contributed by atoms with Gasteiger partial charge in [-0.1, -0.05) is 11.6 Å². The number of aryl methyl sites for hydroxylation is 1. The average molecular weight is 317 g/mol. The van der Waals surface area contributed by atoms with Crippen molar-refractivity contribution < 1.29 is 18.3 Å². The van der Waals surface area contributed by atoms with Crippen LogP contribution in [0.3, 0.4) is 0 Å². The summed E-state index contributed by atoms with van der Waals surface area (Å²) in [4.78, 5) is 20.4. The van der Waals surface area contributed by atoms with E-state index in [4.69, 9.17) is 16.7 Å². The van der Waals surface area contributed by atoms with Crippen LogP contribution in [-0.4, -0.2) is 34.4 Å². The molecule has 0 aromatic carbocycles. The van der Waals surface area contributed by atoms with E-state index in [1.807, 2.05) is 0 Å². The molecule has 20 heavy (non-hydrogen) atoms. The van der Waals surface area contributed by atoms with Crippen LogP contribution >= 0.6 is 11.6 Å². The summed E-state index contributed by atoms with van der Waals surface area (Å²) in [6.45, 7) is 1.63. The van der Waals surface area contributed by atoms with E-state index in [2.05, 4.69) is 19.7 Å². The molecule has 0 spiro atoms. The topological polar surface area (TPSA) is 125 Å². The monoisotopic (exact) mass is 316 g/mol. The largest absolute Gasteiger partial charge is 0.477 e. The number of rotatable bonds is 4. The van der Waals surface area contributed by atoms with Crippen LogP contribution in [0.25, 0.3) is 0 Å². The number of carboxylic acid groups (broad SMARTS) is 1. The van der Waals surface area contributed by atoms with Crippen LogP contribution in [0.4, 0.5) is 5.95 Å². The minimum Gasteiger partial charge on any atom is -0.477 e. The van der Waals surface area contributed by atoms with E-state index in [9.17, 15) is 13.2 Å². The van der Waals surface area contributed by atoms with Gasteiger partial charge in [-0.25, -0.2) is 27.9 Å². The molecule has 0 atom stereocenters. The average Bonchev–Trinajstić information content (AvgIpc) is 2.76. The van der Waals surface area contributed by atoms with Gasteiger partial charge in [-0.2, -0.15) is 0 Å². The van der Waals surface area contributed by atoms with Crippen LogP contribution < -0.4 is 4.72 Å². The lowest BCUT2D eigenvalue weighted by Crippen LogP contribution is -2.14. The minimum atomic E-state index is -3.99. The number of nitrogens with one attached hydrogen (secondary N) is 2. The van der Waals surface area contributed by atoms with Crippen molar-refractivity contribution in [2.75, 3.05) is 4.72 Å². The number of carboxylic acids is 1. The number of sulfonamides is 1. The Bertz CT molecular complexity index is 751. The van der Waals surface area contributed by atoms with Crippen LogP contribution in [0.15, 0.2) is 23.2 Å². The van der Waals surface area contributed by atoms with Crippen molar-refractivity contribution >= 4 is 33.5 Å². The molecule has 106 valence electrons. The number of aromatic amines is 1. The van der Waals surface area contributed by atoms with Crippen molar-refractivity contribution in [1.82, 2.24) is 15.0 Å². The first-order chi connectivity index (χ1) is 9.28.